The van der Waals surface area contributed by atoms with Crippen LogP contribution in [0.4, 0.5) is 4.79 Å². The van der Waals surface area contributed by atoms with Gasteiger partial charge in [0.2, 0.25) is 5.91 Å². The van der Waals surface area contributed by atoms with Crippen molar-refractivity contribution in [1.29, 1.82) is 0 Å². The molecule has 7 nitrogen and oxygen atoms in total. The molecule has 0 aliphatic heterocycles. The number of nitrogens with one attached hydrogen (secondary N) is 2. The van der Waals surface area contributed by atoms with Gasteiger partial charge in [-0.25, -0.2) is 9.59 Å². The first-order chi connectivity index (χ1) is 16.2. The molecule has 2 unspecified atom stereocenters. The van der Waals surface area contributed by atoms with E-state index in [1.54, 1.807) is 13.8 Å². The largest absolute Gasteiger partial charge is 0.480 e. The number of hydrogen-bond donors (Lipinski definition) is 3. The number of hydrogen-bond acceptors (Lipinski definition) is 4. The minimum atomic E-state index is -1.05. The molecule has 2 amide bonds. The van der Waals surface area contributed by atoms with E-state index in [1.165, 1.54) is 11.1 Å². The van der Waals surface area contributed by atoms with Gasteiger partial charge in [0, 0.05) is 18.9 Å². The van der Waals surface area contributed by atoms with E-state index in [0.29, 0.717) is 0 Å². The van der Waals surface area contributed by atoms with E-state index >= 15 is 0 Å². The Morgan fingerprint density at radius 2 is 1.47 bits per heavy atom. The predicted octanol–water partition coefficient (Wildman–Crippen LogP) is 4.41. The van der Waals surface area contributed by atoms with Gasteiger partial charge in [0.15, 0.2) is 0 Å². The minimum Gasteiger partial charge on any atom is -0.480 e. The Kier molecular flexibility index (Phi) is 8.31. The lowest BCUT2D eigenvalue weighted by molar-refractivity contribution is -0.143. The fraction of sp³-hybridized carbons (Fsp3) is 0.444. The molecular formula is C27H34N2O5. The van der Waals surface area contributed by atoms with Crippen LogP contribution < -0.4 is 10.6 Å². The third kappa shape index (κ3) is 5.95. The van der Waals surface area contributed by atoms with E-state index in [2.05, 4.69) is 34.9 Å². The lowest BCUT2D eigenvalue weighted by Crippen LogP contribution is -2.45. The molecule has 3 N–H and O–H groups in total. The molecule has 0 saturated carbocycles. The maximum absolute atomic E-state index is 12.5. The second kappa shape index (κ2) is 11.2. The highest BCUT2D eigenvalue weighted by atomic mass is 16.5. The van der Waals surface area contributed by atoms with Crippen molar-refractivity contribution in [1.82, 2.24) is 10.6 Å². The van der Waals surface area contributed by atoms with E-state index in [1.807, 2.05) is 38.1 Å². The zero-order valence-corrected chi connectivity index (χ0v) is 20.2. The van der Waals surface area contributed by atoms with Crippen molar-refractivity contribution < 1.29 is 24.2 Å². The van der Waals surface area contributed by atoms with Gasteiger partial charge in [-0.1, -0.05) is 76.2 Å². The summed E-state index contributed by atoms with van der Waals surface area (Å²) >= 11 is 0. The molecule has 0 heterocycles. The predicted molar refractivity (Wildman–Crippen MR) is 130 cm³/mol. The standard InChI is InChI=1S/C27H34N2O5/c1-16(2)18(13-24(30)29-25(17(3)4)26(31)32)14-28-27(33)34-15-23-21-11-7-5-9-19(21)20-10-6-8-12-22(20)23/h5-12,16-18,23,25H,13-15H2,1-4H3,(H,28,33)(H,29,30)(H,31,32). The Morgan fingerprint density at radius 1 is 0.912 bits per heavy atom. The number of carbonyl (C=O) groups is 3. The van der Waals surface area contributed by atoms with Gasteiger partial charge in [-0.05, 0) is 40.0 Å². The molecule has 2 atom stereocenters. The van der Waals surface area contributed by atoms with Crippen molar-refractivity contribution >= 4 is 18.0 Å². The Balaban J connectivity index is 1.54. The third-order valence-electron chi connectivity index (χ3n) is 6.49. The van der Waals surface area contributed by atoms with Crippen LogP contribution in [0.5, 0.6) is 0 Å². The van der Waals surface area contributed by atoms with E-state index < -0.39 is 18.1 Å². The summed E-state index contributed by atoms with van der Waals surface area (Å²) in [5, 5.41) is 14.7. The Hall–Kier alpha value is -3.35. The van der Waals surface area contributed by atoms with Gasteiger partial charge in [0.25, 0.3) is 0 Å². The number of fused-ring (bicyclic) bond motifs is 3. The van der Waals surface area contributed by atoms with E-state index in [4.69, 9.17) is 4.74 Å². The van der Waals surface area contributed by atoms with E-state index in [9.17, 15) is 19.5 Å². The van der Waals surface area contributed by atoms with Gasteiger partial charge in [0.1, 0.15) is 12.6 Å². The van der Waals surface area contributed by atoms with Crippen LogP contribution in [0.1, 0.15) is 51.2 Å². The van der Waals surface area contributed by atoms with Gasteiger partial charge in [-0.3, -0.25) is 4.79 Å². The minimum absolute atomic E-state index is 0.0196. The summed E-state index contributed by atoms with van der Waals surface area (Å²) in [6.07, 6.45) is -0.406. The van der Waals surface area contributed by atoms with E-state index in [0.717, 1.165) is 11.1 Å². The summed E-state index contributed by atoms with van der Waals surface area (Å²) in [7, 11) is 0. The average Bonchev–Trinajstić information content (AvgIpc) is 3.12. The molecule has 182 valence electrons. The number of rotatable bonds is 10. The number of carbonyl (C=O) groups excluding carboxylic acids is 2. The molecule has 0 radical (unpaired) electrons. The van der Waals surface area contributed by atoms with Gasteiger partial charge in [-0.15, -0.1) is 0 Å². The summed E-state index contributed by atoms with van der Waals surface area (Å²) in [4.78, 5) is 36.3. The molecule has 1 aliphatic rings. The summed E-state index contributed by atoms with van der Waals surface area (Å²) in [5.41, 5.74) is 4.62. The maximum Gasteiger partial charge on any atom is 0.407 e. The lowest BCUT2D eigenvalue weighted by atomic mass is 9.91. The number of carboxylic acid groups (broad SMARTS) is 1. The summed E-state index contributed by atoms with van der Waals surface area (Å²) in [5.74, 6) is -1.67. The quantitative estimate of drug-likeness (QED) is 0.481. The summed E-state index contributed by atoms with van der Waals surface area (Å²) in [6.45, 7) is 7.92. The highest BCUT2D eigenvalue weighted by molar-refractivity contribution is 5.84. The highest BCUT2D eigenvalue weighted by Gasteiger charge is 2.29. The van der Waals surface area contributed by atoms with Crippen molar-refractivity contribution in [3.63, 3.8) is 0 Å². The molecule has 1 aliphatic carbocycles. The molecule has 3 rings (SSSR count). The second-order valence-electron chi connectivity index (χ2n) is 9.54. The number of ether oxygens (including phenoxy) is 1. The van der Waals surface area contributed by atoms with Crippen LogP contribution in [-0.2, 0) is 14.3 Å². The topological polar surface area (TPSA) is 105 Å². The highest BCUT2D eigenvalue weighted by Crippen LogP contribution is 2.44. The van der Waals surface area contributed by atoms with Crippen molar-refractivity contribution in [3.8, 4) is 11.1 Å². The molecule has 0 saturated heterocycles. The Morgan fingerprint density at radius 3 is 1.97 bits per heavy atom. The number of carboxylic acids is 1. The number of benzene rings is 2. The normalized spacial score (nSPS) is 14.3. The first-order valence-electron chi connectivity index (χ1n) is 11.8. The monoisotopic (exact) mass is 466 g/mol. The third-order valence-corrected chi connectivity index (χ3v) is 6.49. The van der Waals surface area contributed by atoms with Crippen molar-refractivity contribution in [2.24, 2.45) is 17.8 Å². The van der Waals surface area contributed by atoms with Crippen molar-refractivity contribution in [2.45, 2.75) is 46.1 Å². The average molecular weight is 467 g/mol. The number of amides is 2. The van der Waals surface area contributed by atoms with Crippen LogP contribution >= 0.6 is 0 Å². The zero-order chi connectivity index (χ0) is 24.8. The molecule has 7 heteroatoms. The first-order valence-corrected chi connectivity index (χ1v) is 11.8. The second-order valence-corrected chi connectivity index (χ2v) is 9.54. The molecule has 2 aromatic rings. The maximum atomic E-state index is 12.5. The number of alkyl carbamates (subject to hydrolysis) is 1. The Bertz CT molecular complexity index is 988. The van der Waals surface area contributed by atoms with Crippen molar-refractivity contribution in [2.75, 3.05) is 13.2 Å². The molecule has 0 spiro atoms. The van der Waals surface area contributed by atoms with Crippen LogP contribution in [0.15, 0.2) is 48.5 Å². The molecule has 0 bridgehead atoms. The van der Waals surface area contributed by atoms with Crippen LogP contribution in [0.25, 0.3) is 11.1 Å². The summed E-state index contributed by atoms with van der Waals surface area (Å²) in [6, 6.07) is 15.4. The molecular weight excluding hydrogens is 432 g/mol. The van der Waals surface area contributed by atoms with Crippen LogP contribution in [0, 0.1) is 17.8 Å². The zero-order valence-electron chi connectivity index (χ0n) is 20.2. The molecule has 0 fully saturated rings. The van der Waals surface area contributed by atoms with Gasteiger partial charge < -0.3 is 20.5 Å². The van der Waals surface area contributed by atoms with Crippen molar-refractivity contribution in [3.05, 3.63) is 59.7 Å². The number of aliphatic carboxylic acids is 1. The lowest BCUT2D eigenvalue weighted by Gasteiger charge is -2.23. The van der Waals surface area contributed by atoms with Gasteiger partial charge >= 0.3 is 12.1 Å². The summed E-state index contributed by atoms with van der Waals surface area (Å²) < 4.78 is 5.57. The first kappa shape index (κ1) is 25.3. The Labute approximate surface area is 200 Å². The van der Waals surface area contributed by atoms with Gasteiger partial charge in [-0.2, -0.15) is 0 Å². The SMILES string of the molecule is CC(C)C(CNC(=O)OCC1c2ccccc2-c2ccccc21)CC(=O)NC(C(=O)O)C(C)C. The van der Waals surface area contributed by atoms with Crippen LogP contribution in [0.2, 0.25) is 0 Å². The molecule has 34 heavy (non-hydrogen) atoms. The van der Waals surface area contributed by atoms with Crippen LogP contribution in [-0.4, -0.2) is 42.3 Å². The van der Waals surface area contributed by atoms with Gasteiger partial charge in [0.05, 0.1) is 0 Å². The van der Waals surface area contributed by atoms with Crippen LogP contribution in [0.3, 0.4) is 0 Å². The smallest absolute Gasteiger partial charge is 0.407 e. The fourth-order valence-electron chi connectivity index (χ4n) is 4.39. The molecule has 0 aromatic heterocycles. The molecule has 2 aromatic carbocycles. The fourth-order valence-corrected chi connectivity index (χ4v) is 4.39. The van der Waals surface area contributed by atoms with E-state index in [-0.39, 0.29) is 49.2 Å².